The third-order valence-corrected chi connectivity index (χ3v) is 9.80. The smallest absolute Gasteiger partial charge is 0.244 e. The maximum absolute atomic E-state index is 13.8. The molecule has 0 bridgehead atoms. The highest BCUT2D eigenvalue weighted by Crippen LogP contribution is 2.20. The van der Waals surface area contributed by atoms with E-state index in [0.717, 1.165) is 19.3 Å². The largest absolute Gasteiger partial charge is 0.396 e. The molecule has 294 valence electrons. The van der Waals surface area contributed by atoms with Gasteiger partial charge in [0.15, 0.2) is 5.78 Å². The number of ketones is 1. The lowest BCUT2D eigenvalue weighted by atomic mass is 9.94. The quantitative estimate of drug-likeness (QED) is 0.0612. The van der Waals surface area contributed by atoms with E-state index in [4.69, 9.17) is 5.73 Å². The predicted molar refractivity (Wildman–Crippen MR) is 196 cm³/mol. The molecule has 0 aromatic rings. The molecule has 0 aromatic carbocycles. The highest BCUT2D eigenvalue weighted by atomic mass is 16.3. The number of nitrogens with one attached hydrogen (secondary N) is 4. The van der Waals surface area contributed by atoms with Crippen LogP contribution < -0.4 is 27.0 Å². The van der Waals surface area contributed by atoms with E-state index in [-0.39, 0.29) is 42.9 Å². The fraction of sp³-hybridized carbons (Fsp3) is 0.838. The van der Waals surface area contributed by atoms with Crippen LogP contribution in [0.25, 0.3) is 0 Å². The minimum absolute atomic E-state index is 0.0249. The number of carbonyl (C=O) groups is 6. The van der Waals surface area contributed by atoms with Crippen molar-refractivity contribution in [3.8, 4) is 0 Å². The van der Waals surface area contributed by atoms with E-state index >= 15 is 0 Å². The summed E-state index contributed by atoms with van der Waals surface area (Å²) in [4.78, 5) is 79.4. The van der Waals surface area contributed by atoms with Crippen LogP contribution in [0.4, 0.5) is 0 Å². The van der Waals surface area contributed by atoms with Gasteiger partial charge in [-0.1, -0.05) is 99.3 Å². The lowest BCUT2D eigenvalue weighted by Gasteiger charge is -2.34. The second-order valence-electron chi connectivity index (χ2n) is 14.7. The summed E-state index contributed by atoms with van der Waals surface area (Å²) in [7, 11) is 1.54. The van der Waals surface area contributed by atoms with Crippen molar-refractivity contribution in [1.29, 1.82) is 0 Å². The topological polar surface area (TPSA) is 220 Å². The molecule has 8 N–H and O–H groups in total. The van der Waals surface area contributed by atoms with Crippen LogP contribution >= 0.6 is 0 Å². The van der Waals surface area contributed by atoms with Crippen molar-refractivity contribution in [3.63, 3.8) is 0 Å². The number of rotatable bonds is 27. The van der Waals surface area contributed by atoms with Crippen LogP contribution in [0.3, 0.4) is 0 Å². The molecule has 1 aliphatic carbocycles. The molecule has 0 spiro atoms. The highest BCUT2D eigenvalue weighted by Gasteiger charge is 2.39. The van der Waals surface area contributed by atoms with E-state index in [9.17, 15) is 39.0 Å². The Morgan fingerprint density at radius 1 is 0.824 bits per heavy atom. The number of nitrogens with two attached hydrogens (primary N) is 1. The molecule has 1 fully saturated rings. The Bertz CT molecular complexity index is 1120. The average Bonchev–Trinajstić information content (AvgIpc) is 3.80. The zero-order valence-corrected chi connectivity index (χ0v) is 32.2. The zero-order chi connectivity index (χ0) is 38.7. The number of hydrogen-bond acceptors (Lipinski definition) is 9. The van der Waals surface area contributed by atoms with Gasteiger partial charge in [-0.05, 0) is 31.1 Å². The fourth-order valence-corrected chi connectivity index (χ4v) is 5.92. The van der Waals surface area contributed by atoms with Crippen molar-refractivity contribution >= 4 is 35.3 Å². The van der Waals surface area contributed by atoms with Crippen molar-refractivity contribution < 1.29 is 39.0 Å². The van der Waals surface area contributed by atoms with Gasteiger partial charge in [0.2, 0.25) is 29.5 Å². The number of amides is 5. The average molecular weight is 725 g/mol. The van der Waals surface area contributed by atoms with Gasteiger partial charge in [0.25, 0.3) is 0 Å². The molecule has 1 rings (SSSR count). The van der Waals surface area contributed by atoms with E-state index in [1.807, 2.05) is 20.8 Å². The third kappa shape index (κ3) is 16.4. The Balaban J connectivity index is 2.95. The van der Waals surface area contributed by atoms with E-state index < -0.39 is 72.5 Å². The van der Waals surface area contributed by atoms with Gasteiger partial charge in [0, 0.05) is 26.6 Å². The molecular weight excluding hydrogens is 656 g/mol. The molecule has 0 heterocycles. The molecule has 0 aromatic heterocycles. The van der Waals surface area contributed by atoms with Gasteiger partial charge in [-0.3, -0.25) is 28.8 Å². The number of aliphatic hydroxyl groups is 2. The van der Waals surface area contributed by atoms with E-state index in [2.05, 4.69) is 28.2 Å². The van der Waals surface area contributed by atoms with Gasteiger partial charge < -0.3 is 42.1 Å². The molecule has 0 aliphatic heterocycles. The minimum Gasteiger partial charge on any atom is -0.396 e. The number of carbonyl (C=O) groups excluding carboxylic acids is 6. The van der Waals surface area contributed by atoms with Crippen LogP contribution in [-0.2, 0) is 28.8 Å². The van der Waals surface area contributed by atoms with Gasteiger partial charge in [-0.2, -0.15) is 0 Å². The molecule has 0 radical (unpaired) electrons. The maximum atomic E-state index is 13.8. The lowest BCUT2D eigenvalue weighted by molar-refractivity contribution is -0.146. The number of aliphatic hydroxyl groups excluding tert-OH is 2. The first-order chi connectivity index (χ1) is 24.1. The summed E-state index contributed by atoms with van der Waals surface area (Å²) in [6, 6.07) is -5.03. The molecule has 1 unspecified atom stereocenters. The molecule has 5 amide bonds. The summed E-state index contributed by atoms with van der Waals surface area (Å²) >= 11 is 0. The highest BCUT2D eigenvalue weighted by molar-refractivity contribution is 6.04. The molecule has 14 heteroatoms. The summed E-state index contributed by atoms with van der Waals surface area (Å²) in [6.07, 6.45) is 9.56. The number of Topliss-reactive ketones (excluding diaryl/α,β-unsaturated/α-hetero) is 1. The van der Waals surface area contributed by atoms with Crippen molar-refractivity contribution in [2.45, 2.75) is 161 Å². The standard InChI is InChI=1S/C37H68N6O8/c1-8-10-11-12-13-14-15-16-17-30(45)25(6)37(51)43(7)29(20-23(3)4)35(49)42-32(24(5)9-2)36(50)41-28(22-38)34(48)39-26(18-19-44)33(47)40-27-21-31(27)46/h23-30,32,44-45H,8-22,38H2,1-7H3,(H,39,48)(H,40,47)(H,41,50)(H,42,49)/t24-,25-,26+,27?,28+,29+,30-,32+/m1/s1. The first kappa shape index (κ1) is 45.9. The SMILES string of the molecule is CCCCCCCCCC[C@@H](O)[C@@H](C)C(=O)N(C)[C@@H](CC(C)C)C(=O)N[C@H](C(=O)N[C@@H](CN)C(=O)N[C@@H](CCO)C(=O)NC1CC1=O)[C@H](C)CC. The van der Waals surface area contributed by atoms with E-state index in [0.29, 0.717) is 19.3 Å². The number of unbranched alkanes of at least 4 members (excludes halogenated alkanes) is 7. The first-order valence-corrected chi connectivity index (χ1v) is 19.1. The van der Waals surface area contributed by atoms with Crippen LogP contribution in [0.5, 0.6) is 0 Å². The Morgan fingerprint density at radius 2 is 1.39 bits per heavy atom. The molecule has 51 heavy (non-hydrogen) atoms. The van der Waals surface area contributed by atoms with Crippen LogP contribution in [0.2, 0.25) is 0 Å². The van der Waals surface area contributed by atoms with Crippen LogP contribution in [-0.4, -0.2) is 107 Å². The summed E-state index contributed by atoms with van der Waals surface area (Å²) in [6.45, 7) is 10.6. The molecule has 1 saturated carbocycles. The monoisotopic (exact) mass is 725 g/mol. The summed E-state index contributed by atoms with van der Waals surface area (Å²) in [5, 5.41) is 30.7. The lowest BCUT2D eigenvalue weighted by Crippen LogP contribution is -2.61. The third-order valence-electron chi connectivity index (χ3n) is 9.80. The van der Waals surface area contributed by atoms with Gasteiger partial charge in [-0.15, -0.1) is 0 Å². The van der Waals surface area contributed by atoms with Crippen molar-refractivity contribution in [3.05, 3.63) is 0 Å². The number of likely N-dealkylation sites (N-methyl/N-ethyl adjacent to an activating group) is 1. The summed E-state index contributed by atoms with van der Waals surface area (Å²) in [5.74, 6) is -4.15. The Morgan fingerprint density at radius 3 is 1.90 bits per heavy atom. The maximum Gasteiger partial charge on any atom is 0.244 e. The van der Waals surface area contributed by atoms with Gasteiger partial charge in [0.05, 0.1) is 18.1 Å². The Kier molecular flexibility index (Phi) is 21.8. The zero-order valence-electron chi connectivity index (χ0n) is 32.2. The molecule has 1 aliphatic rings. The molecule has 14 nitrogen and oxygen atoms in total. The second kappa shape index (κ2) is 24.2. The Labute approximate surface area is 305 Å². The molecule has 8 atom stereocenters. The van der Waals surface area contributed by atoms with Crippen LogP contribution in [0.1, 0.15) is 125 Å². The Hall–Kier alpha value is -3.10. The van der Waals surface area contributed by atoms with Crippen molar-refractivity contribution in [2.24, 2.45) is 23.5 Å². The van der Waals surface area contributed by atoms with E-state index in [1.54, 1.807) is 20.9 Å². The van der Waals surface area contributed by atoms with Crippen molar-refractivity contribution in [2.75, 3.05) is 20.2 Å². The first-order valence-electron chi connectivity index (χ1n) is 19.1. The van der Waals surface area contributed by atoms with Crippen LogP contribution in [0, 0.1) is 17.8 Å². The van der Waals surface area contributed by atoms with Crippen molar-refractivity contribution in [1.82, 2.24) is 26.2 Å². The molecular formula is C37H68N6O8. The summed E-state index contributed by atoms with van der Waals surface area (Å²) < 4.78 is 0. The predicted octanol–water partition coefficient (Wildman–Crippen LogP) is 1.69. The normalized spacial score (nSPS) is 18.1. The van der Waals surface area contributed by atoms with Crippen LogP contribution in [0.15, 0.2) is 0 Å². The number of hydrogen-bond donors (Lipinski definition) is 7. The van der Waals surface area contributed by atoms with Gasteiger partial charge >= 0.3 is 0 Å². The van der Waals surface area contributed by atoms with E-state index in [1.165, 1.54) is 37.0 Å². The fourth-order valence-electron chi connectivity index (χ4n) is 5.92. The van der Waals surface area contributed by atoms with Gasteiger partial charge in [0.1, 0.15) is 24.2 Å². The minimum atomic E-state index is -1.27. The number of nitrogens with zero attached hydrogens (tertiary/aromatic N) is 1. The van der Waals surface area contributed by atoms with Gasteiger partial charge in [-0.25, -0.2) is 0 Å². The second-order valence-corrected chi connectivity index (χ2v) is 14.7. The summed E-state index contributed by atoms with van der Waals surface area (Å²) in [5.41, 5.74) is 5.84. The molecule has 0 saturated heterocycles.